The molecule has 2 aromatic carbocycles. The molecule has 3 heteroatoms. The van der Waals surface area contributed by atoms with Crippen molar-refractivity contribution in [1.29, 1.82) is 0 Å². The van der Waals surface area contributed by atoms with Crippen LogP contribution in [-0.4, -0.2) is 23.4 Å². The van der Waals surface area contributed by atoms with Crippen molar-refractivity contribution in [2.75, 3.05) is 6.16 Å². The molecule has 2 aromatic rings. The van der Waals surface area contributed by atoms with Crippen LogP contribution in [0.2, 0.25) is 14.3 Å². The van der Waals surface area contributed by atoms with Crippen molar-refractivity contribution in [2.45, 2.75) is 14.3 Å². The fourth-order valence-corrected chi connectivity index (χ4v) is 12.8. The van der Waals surface area contributed by atoms with Gasteiger partial charge in [0.1, 0.15) is 0 Å². The quantitative estimate of drug-likeness (QED) is 0.512. The Labute approximate surface area is 125 Å². The van der Waals surface area contributed by atoms with Crippen molar-refractivity contribution in [3.8, 4) is 0 Å². The number of halogens is 1. The third kappa shape index (κ3) is 5.10. The number of rotatable bonds is 5. The molecular formula is C16H20ClPSn. The second-order valence-corrected chi connectivity index (χ2v) is 25.7. The van der Waals surface area contributed by atoms with Gasteiger partial charge in [0.25, 0.3) is 0 Å². The normalized spacial score (nSPS) is 11.8. The van der Waals surface area contributed by atoms with Gasteiger partial charge in [0.2, 0.25) is 0 Å². The van der Waals surface area contributed by atoms with Crippen LogP contribution < -0.4 is 10.6 Å². The van der Waals surface area contributed by atoms with E-state index in [-0.39, 0.29) is 7.92 Å². The van der Waals surface area contributed by atoms with Gasteiger partial charge in [0, 0.05) is 0 Å². The van der Waals surface area contributed by atoms with Gasteiger partial charge in [0.05, 0.1) is 0 Å². The van der Waals surface area contributed by atoms with E-state index < -0.39 is 17.3 Å². The standard InChI is InChI=1S/C14H14P.2CH3.ClH.Sn/c1-2-15(13-9-5-3-6-10-13)14-11-7-4-8-12-14;;;;/h3-12H,1-2H2;2*1H3;1H;/q;;;;+1/p-1. The van der Waals surface area contributed by atoms with Gasteiger partial charge in [-0.1, -0.05) is 0 Å². The molecule has 0 aromatic heterocycles. The van der Waals surface area contributed by atoms with Gasteiger partial charge < -0.3 is 0 Å². The molecule has 0 atom stereocenters. The van der Waals surface area contributed by atoms with Crippen molar-refractivity contribution >= 4 is 44.7 Å². The molecule has 0 heterocycles. The van der Waals surface area contributed by atoms with E-state index in [0.717, 1.165) is 0 Å². The molecule has 2 rings (SSSR count). The van der Waals surface area contributed by atoms with E-state index in [2.05, 4.69) is 70.5 Å². The van der Waals surface area contributed by atoms with Crippen molar-refractivity contribution in [1.82, 2.24) is 0 Å². The van der Waals surface area contributed by atoms with Gasteiger partial charge in [-0.3, -0.25) is 0 Å². The summed E-state index contributed by atoms with van der Waals surface area (Å²) in [6.45, 7) is 0. The Bertz CT molecular complexity index is 454. The van der Waals surface area contributed by atoms with Gasteiger partial charge in [-0.2, -0.15) is 0 Å². The Morgan fingerprint density at radius 3 is 1.63 bits per heavy atom. The van der Waals surface area contributed by atoms with Crippen LogP contribution in [0.25, 0.3) is 0 Å². The Kier molecular flexibility index (Phi) is 5.74. The second kappa shape index (κ2) is 7.11. The summed E-state index contributed by atoms with van der Waals surface area (Å²) >= 11 is -2.20. The predicted molar refractivity (Wildman–Crippen MR) is 92.1 cm³/mol. The van der Waals surface area contributed by atoms with Gasteiger partial charge >= 0.3 is 126 Å². The Morgan fingerprint density at radius 2 is 1.26 bits per heavy atom. The first kappa shape index (κ1) is 15.3. The van der Waals surface area contributed by atoms with E-state index in [1.54, 1.807) is 0 Å². The zero-order valence-corrected chi connectivity index (χ0v) is 16.0. The van der Waals surface area contributed by atoms with Crippen LogP contribution in [0.1, 0.15) is 0 Å². The summed E-state index contributed by atoms with van der Waals surface area (Å²) in [4.78, 5) is 4.61. The minimum atomic E-state index is -2.20. The van der Waals surface area contributed by atoms with Crippen LogP contribution in [0, 0.1) is 0 Å². The molecule has 0 saturated heterocycles. The molecule has 0 aliphatic carbocycles. The van der Waals surface area contributed by atoms with E-state index in [1.807, 2.05) is 0 Å². The summed E-state index contributed by atoms with van der Waals surface area (Å²) in [5.41, 5.74) is 0. The molecule has 0 amide bonds. The molecule has 0 saturated carbocycles. The molecule has 100 valence electrons. The summed E-state index contributed by atoms with van der Waals surface area (Å²) in [5.74, 6) is 0. The number of hydrogen-bond acceptors (Lipinski definition) is 0. The van der Waals surface area contributed by atoms with Crippen molar-refractivity contribution in [3.63, 3.8) is 0 Å². The third-order valence-electron chi connectivity index (χ3n) is 3.07. The van der Waals surface area contributed by atoms with Gasteiger partial charge in [-0.15, -0.1) is 0 Å². The van der Waals surface area contributed by atoms with Crippen LogP contribution in [0.4, 0.5) is 0 Å². The maximum absolute atomic E-state index is 6.57. The first-order chi connectivity index (χ1) is 9.06. The van der Waals surface area contributed by atoms with Crippen LogP contribution in [-0.2, 0) is 0 Å². The van der Waals surface area contributed by atoms with E-state index >= 15 is 0 Å². The van der Waals surface area contributed by atoms with Gasteiger partial charge in [-0.05, 0) is 0 Å². The number of benzene rings is 2. The molecular weight excluding hydrogens is 377 g/mol. The Hall–Kier alpha value is -0.0413. The first-order valence-corrected chi connectivity index (χ1v) is 19.5. The minimum absolute atomic E-state index is 0.247. The monoisotopic (exact) mass is 398 g/mol. The zero-order valence-electron chi connectivity index (χ0n) is 11.5. The molecule has 0 unspecified atom stereocenters. The molecule has 0 N–H and O–H groups in total. The van der Waals surface area contributed by atoms with Gasteiger partial charge in [0.15, 0.2) is 0 Å². The van der Waals surface area contributed by atoms with E-state index in [9.17, 15) is 0 Å². The molecule has 0 fully saturated rings. The second-order valence-electron chi connectivity index (χ2n) is 5.29. The number of hydrogen-bond donors (Lipinski definition) is 0. The average molecular weight is 397 g/mol. The molecule has 0 radical (unpaired) electrons. The summed E-state index contributed by atoms with van der Waals surface area (Å²) in [6, 6.07) is 21.8. The van der Waals surface area contributed by atoms with Crippen molar-refractivity contribution < 1.29 is 0 Å². The van der Waals surface area contributed by atoms with Crippen LogP contribution in [0.15, 0.2) is 60.7 Å². The molecule has 0 aliphatic rings. The van der Waals surface area contributed by atoms with Gasteiger partial charge in [-0.25, -0.2) is 0 Å². The summed E-state index contributed by atoms with van der Waals surface area (Å²) in [6.07, 6.45) is 1.23. The molecule has 0 aliphatic heterocycles. The SMILES string of the molecule is [CH3][Sn]([CH3])([Cl])[CH2]CP(c1ccccc1)c1ccccc1. The zero-order chi connectivity index (χ0) is 13.7. The topological polar surface area (TPSA) is 0 Å². The summed E-state index contributed by atoms with van der Waals surface area (Å²) in [7, 11) is 6.33. The van der Waals surface area contributed by atoms with Crippen LogP contribution in [0.3, 0.4) is 0 Å². The Balaban J connectivity index is 2.24. The Morgan fingerprint density at radius 1 is 0.842 bits per heavy atom. The predicted octanol–water partition coefficient (Wildman–Crippen LogP) is 4.56. The van der Waals surface area contributed by atoms with E-state index in [4.69, 9.17) is 8.92 Å². The molecule has 0 bridgehead atoms. The molecule has 0 spiro atoms. The van der Waals surface area contributed by atoms with Crippen LogP contribution >= 0.6 is 16.8 Å². The third-order valence-corrected chi connectivity index (χ3v) is 12.2. The fraction of sp³-hybridized carbons (Fsp3) is 0.250. The average Bonchev–Trinajstić information content (AvgIpc) is 2.40. The summed E-state index contributed by atoms with van der Waals surface area (Å²) in [5, 5.41) is 2.94. The summed E-state index contributed by atoms with van der Waals surface area (Å²) < 4.78 is 1.24. The molecule has 0 nitrogen and oxygen atoms in total. The maximum atomic E-state index is 6.57. The first-order valence-electron chi connectivity index (χ1n) is 6.63. The van der Waals surface area contributed by atoms with E-state index in [0.29, 0.717) is 0 Å². The fourth-order valence-electron chi connectivity index (χ4n) is 2.00. The van der Waals surface area contributed by atoms with E-state index in [1.165, 1.54) is 21.2 Å². The van der Waals surface area contributed by atoms with Crippen molar-refractivity contribution in [3.05, 3.63) is 60.7 Å². The van der Waals surface area contributed by atoms with Crippen LogP contribution in [0.5, 0.6) is 0 Å². The van der Waals surface area contributed by atoms with Crippen molar-refractivity contribution in [2.24, 2.45) is 0 Å². The molecule has 19 heavy (non-hydrogen) atoms.